The molecule has 11 heteroatoms. The van der Waals surface area contributed by atoms with Gasteiger partial charge in [-0.2, -0.15) is 0 Å². The first-order valence-electron chi connectivity index (χ1n) is 10.4. The average molecular weight is 425 g/mol. The van der Waals surface area contributed by atoms with Crippen molar-refractivity contribution >= 4 is 29.8 Å². The number of nitrogens with zero attached hydrogens (tertiary/aromatic N) is 4. The van der Waals surface area contributed by atoms with Gasteiger partial charge in [0, 0.05) is 51.3 Å². The van der Waals surface area contributed by atoms with Crippen molar-refractivity contribution in [3.05, 3.63) is 34.9 Å². The van der Waals surface area contributed by atoms with Gasteiger partial charge in [-0.3, -0.25) is 19.7 Å². The minimum Gasteiger partial charge on any atom is -0.389 e. The molecule has 0 radical (unpaired) electrons. The van der Waals surface area contributed by atoms with Crippen LogP contribution in [-0.2, 0) is 22.7 Å². The molecule has 2 fully saturated rings. The summed E-state index contributed by atoms with van der Waals surface area (Å²) >= 11 is 0. The highest BCUT2D eigenvalue weighted by Gasteiger charge is 2.39. The van der Waals surface area contributed by atoms with E-state index in [0.29, 0.717) is 37.1 Å². The highest BCUT2D eigenvalue weighted by molar-refractivity contribution is 6.05. The molecule has 3 N–H and O–H groups in total. The van der Waals surface area contributed by atoms with E-state index in [4.69, 9.17) is 4.42 Å². The molecule has 3 amide bonds. The van der Waals surface area contributed by atoms with E-state index in [1.165, 1.54) is 0 Å². The number of aromatic nitrogens is 2. The van der Waals surface area contributed by atoms with Crippen LogP contribution in [0.3, 0.4) is 0 Å². The van der Waals surface area contributed by atoms with E-state index < -0.39 is 11.9 Å². The number of hydrogen-bond donors (Lipinski definition) is 3. The first-order valence-corrected chi connectivity index (χ1v) is 10.4. The monoisotopic (exact) mass is 425 g/mol. The topological polar surface area (TPSA) is 133 Å². The van der Waals surface area contributed by atoms with E-state index in [2.05, 4.69) is 26.1 Å². The summed E-state index contributed by atoms with van der Waals surface area (Å²) in [6.07, 6.45) is 0.594. The first-order chi connectivity index (χ1) is 15.1. The van der Waals surface area contributed by atoms with Crippen LogP contribution in [0.2, 0.25) is 0 Å². The van der Waals surface area contributed by atoms with Crippen molar-refractivity contribution in [3.63, 3.8) is 0 Å². The second-order valence-corrected chi connectivity index (χ2v) is 7.87. The minimum absolute atomic E-state index is 0.190. The summed E-state index contributed by atoms with van der Waals surface area (Å²) in [5, 5.41) is 16.8. The number of hydrogen-bond acceptors (Lipinski definition) is 9. The Balaban J connectivity index is 1.23. The summed E-state index contributed by atoms with van der Waals surface area (Å²) in [5.74, 6) is -0.888. The van der Waals surface area contributed by atoms with Crippen LogP contribution in [0, 0.1) is 0 Å². The van der Waals surface area contributed by atoms with Gasteiger partial charge in [-0.1, -0.05) is 22.3 Å². The molecule has 1 aromatic heterocycles. The molecule has 4 heterocycles. The van der Waals surface area contributed by atoms with Gasteiger partial charge in [0.1, 0.15) is 6.04 Å². The molecule has 1 unspecified atom stereocenters. The van der Waals surface area contributed by atoms with Crippen LogP contribution in [-0.4, -0.2) is 65.0 Å². The zero-order valence-electron chi connectivity index (χ0n) is 16.9. The van der Waals surface area contributed by atoms with Crippen LogP contribution >= 0.6 is 0 Å². The minimum atomic E-state index is -0.610. The molecule has 5 rings (SSSR count). The summed E-state index contributed by atoms with van der Waals surface area (Å²) in [7, 11) is 0. The third kappa shape index (κ3) is 3.83. The van der Waals surface area contributed by atoms with Gasteiger partial charge in [-0.15, -0.1) is 0 Å². The van der Waals surface area contributed by atoms with Gasteiger partial charge in [0.2, 0.25) is 11.8 Å². The van der Waals surface area contributed by atoms with Crippen LogP contribution in [0.25, 0.3) is 0 Å². The van der Waals surface area contributed by atoms with Gasteiger partial charge < -0.3 is 24.9 Å². The SMILES string of the molecule is O=C1CCC(N2Cc3ccc(CNc4nnc(N5CCNCC5)o4)cc3C2=O)C(=O)N1. The number of carbonyl (C=O) groups excluding carboxylic acids is 3. The molecule has 162 valence electrons. The average Bonchev–Trinajstić information content (AvgIpc) is 3.38. The van der Waals surface area contributed by atoms with E-state index in [9.17, 15) is 14.4 Å². The molecule has 2 aromatic rings. The summed E-state index contributed by atoms with van der Waals surface area (Å²) < 4.78 is 5.69. The number of anilines is 2. The fourth-order valence-corrected chi connectivity index (χ4v) is 4.16. The second-order valence-electron chi connectivity index (χ2n) is 7.87. The standard InChI is InChI=1S/C20H23N7O4/c28-16-4-3-15(17(29)23-16)27-11-13-2-1-12(9-14(13)18(27)30)10-22-19-24-25-20(31-19)26-7-5-21-6-8-26/h1-2,9,15,21H,3-8,10-11H2,(H,22,24)(H,23,28,29). The van der Waals surface area contributed by atoms with Crippen LogP contribution in [0.4, 0.5) is 12.0 Å². The molecule has 0 bridgehead atoms. The summed E-state index contributed by atoms with van der Waals surface area (Å²) in [6.45, 7) is 4.18. The van der Waals surface area contributed by atoms with E-state index in [1.807, 2.05) is 23.1 Å². The van der Waals surface area contributed by atoms with E-state index >= 15 is 0 Å². The van der Waals surface area contributed by atoms with E-state index in [0.717, 1.165) is 37.3 Å². The van der Waals surface area contributed by atoms with Gasteiger partial charge >= 0.3 is 12.0 Å². The zero-order chi connectivity index (χ0) is 21.4. The molecule has 3 aliphatic rings. The fraction of sp³-hybridized carbons (Fsp3) is 0.450. The van der Waals surface area contributed by atoms with Crippen molar-refractivity contribution in [1.29, 1.82) is 0 Å². The number of piperidine rings is 1. The zero-order valence-corrected chi connectivity index (χ0v) is 16.9. The van der Waals surface area contributed by atoms with Crippen LogP contribution < -0.4 is 20.9 Å². The summed E-state index contributed by atoms with van der Waals surface area (Å²) in [5.41, 5.74) is 2.34. The van der Waals surface area contributed by atoms with Crippen molar-refractivity contribution in [2.24, 2.45) is 0 Å². The molecule has 11 nitrogen and oxygen atoms in total. The number of fused-ring (bicyclic) bond motifs is 1. The Morgan fingerprint density at radius 2 is 2.00 bits per heavy atom. The Hall–Kier alpha value is -3.47. The number of benzene rings is 1. The van der Waals surface area contributed by atoms with Crippen molar-refractivity contribution in [2.75, 3.05) is 36.4 Å². The fourth-order valence-electron chi connectivity index (χ4n) is 4.16. The van der Waals surface area contributed by atoms with Crippen LogP contribution in [0.5, 0.6) is 0 Å². The lowest BCUT2D eigenvalue weighted by atomic mass is 10.0. The Bertz CT molecular complexity index is 1030. The Morgan fingerprint density at radius 1 is 1.16 bits per heavy atom. The molecule has 2 saturated heterocycles. The van der Waals surface area contributed by atoms with E-state index in [1.54, 1.807) is 4.90 Å². The van der Waals surface area contributed by atoms with Crippen LogP contribution in [0.15, 0.2) is 22.6 Å². The normalized spacial score (nSPS) is 21.3. The lowest BCUT2D eigenvalue weighted by molar-refractivity contribution is -0.136. The molecule has 1 aromatic carbocycles. The molecular weight excluding hydrogens is 402 g/mol. The molecule has 0 saturated carbocycles. The van der Waals surface area contributed by atoms with Crippen molar-refractivity contribution in [2.45, 2.75) is 32.0 Å². The predicted molar refractivity (Wildman–Crippen MR) is 109 cm³/mol. The molecule has 0 aliphatic carbocycles. The first kappa shape index (κ1) is 19.5. The lowest BCUT2D eigenvalue weighted by Gasteiger charge is -2.29. The lowest BCUT2D eigenvalue weighted by Crippen LogP contribution is -2.52. The molecular formula is C20H23N7O4. The predicted octanol–water partition coefficient (Wildman–Crippen LogP) is -0.148. The smallest absolute Gasteiger partial charge is 0.319 e. The number of nitrogens with one attached hydrogen (secondary N) is 3. The maximum absolute atomic E-state index is 12.9. The Morgan fingerprint density at radius 3 is 2.81 bits per heavy atom. The molecule has 0 spiro atoms. The van der Waals surface area contributed by atoms with Crippen LogP contribution in [0.1, 0.15) is 34.3 Å². The molecule has 1 atom stereocenters. The second kappa shape index (κ2) is 7.99. The molecule has 3 aliphatic heterocycles. The van der Waals surface area contributed by atoms with Gasteiger partial charge in [0.15, 0.2) is 0 Å². The van der Waals surface area contributed by atoms with Gasteiger partial charge in [0.25, 0.3) is 5.91 Å². The van der Waals surface area contributed by atoms with Crippen molar-refractivity contribution in [1.82, 2.24) is 25.7 Å². The van der Waals surface area contributed by atoms with Gasteiger partial charge in [-0.05, 0) is 23.6 Å². The quantitative estimate of drug-likeness (QED) is 0.560. The van der Waals surface area contributed by atoms with Gasteiger partial charge in [0.05, 0.1) is 0 Å². The summed E-state index contributed by atoms with van der Waals surface area (Å²) in [6, 6.07) is 5.86. The third-order valence-electron chi connectivity index (χ3n) is 5.84. The van der Waals surface area contributed by atoms with Crippen molar-refractivity contribution < 1.29 is 18.8 Å². The maximum atomic E-state index is 12.9. The number of carbonyl (C=O) groups is 3. The highest BCUT2D eigenvalue weighted by Crippen LogP contribution is 2.28. The maximum Gasteiger partial charge on any atom is 0.319 e. The Kier molecular flexibility index (Phi) is 5.02. The number of rotatable bonds is 5. The largest absolute Gasteiger partial charge is 0.389 e. The summed E-state index contributed by atoms with van der Waals surface area (Å²) in [4.78, 5) is 40.1. The number of imide groups is 1. The number of amides is 3. The third-order valence-corrected chi connectivity index (χ3v) is 5.84. The van der Waals surface area contributed by atoms with Gasteiger partial charge in [-0.25, -0.2) is 0 Å². The highest BCUT2D eigenvalue weighted by atomic mass is 16.4. The van der Waals surface area contributed by atoms with E-state index in [-0.39, 0.29) is 18.2 Å². The number of piperazine rings is 1. The van der Waals surface area contributed by atoms with Crippen molar-refractivity contribution in [3.8, 4) is 0 Å². The molecule has 31 heavy (non-hydrogen) atoms. The Labute approximate surface area is 178 Å².